The molecule has 0 saturated carbocycles. The third kappa shape index (κ3) is 4.68. The Hall–Kier alpha value is -2.63. The molecule has 6 heteroatoms. The summed E-state index contributed by atoms with van der Waals surface area (Å²) in [5.41, 5.74) is 4.61. The number of amides is 1. The average Bonchev–Trinajstić information content (AvgIpc) is 2.85. The highest BCUT2D eigenvalue weighted by Crippen LogP contribution is 2.15. The summed E-state index contributed by atoms with van der Waals surface area (Å²) in [4.78, 5) is 23.6. The fourth-order valence-corrected chi connectivity index (χ4v) is 2.32. The van der Waals surface area contributed by atoms with E-state index in [1.165, 1.54) is 0 Å². The van der Waals surface area contributed by atoms with Crippen molar-refractivity contribution in [3.05, 3.63) is 46.3 Å². The van der Waals surface area contributed by atoms with Crippen LogP contribution in [0.15, 0.2) is 22.7 Å². The minimum absolute atomic E-state index is 0.180. The number of aromatic nitrogens is 1. The molecule has 1 N–H and O–H groups in total. The number of hydrogen-bond acceptors (Lipinski definition) is 5. The van der Waals surface area contributed by atoms with Crippen LogP contribution in [0.3, 0.4) is 0 Å². The van der Waals surface area contributed by atoms with Crippen LogP contribution >= 0.6 is 0 Å². The number of rotatable bonds is 6. The molecule has 2 rings (SSSR count). The zero-order chi connectivity index (χ0) is 17.7. The molecule has 24 heavy (non-hydrogen) atoms. The van der Waals surface area contributed by atoms with Gasteiger partial charge in [-0.15, -0.1) is 0 Å². The van der Waals surface area contributed by atoms with Gasteiger partial charge in [0.2, 0.25) is 0 Å². The monoisotopic (exact) mass is 330 g/mol. The van der Waals surface area contributed by atoms with Gasteiger partial charge >= 0.3 is 5.97 Å². The number of esters is 1. The van der Waals surface area contributed by atoms with Gasteiger partial charge in [-0.2, -0.15) is 0 Å². The van der Waals surface area contributed by atoms with Gasteiger partial charge in [-0.3, -0.25) is 9.59 Å². The third-order valence-corrected chi connectivity index (χ3v) is 3.92. The van der Waals surface area contributed by atoms with Gasteiger partial charge in [0.05, 0.1) is 5.69 Å². The number of aryl methyl sites for hydroxylation is 4. The summed E-state index contributed by atoms with van der Waals surface area (Å²) < 4.78 is 10.0. The van der Waals surface area contributed by atoms with E-state index in [0.717, 1.165) is 22.4 Å². The molecule has 128 valence electrons. The van der Waals surface area contributed by atoms with Crippen LogP contribution in [-0.2, 0) is 20.7 Å². The van der Waals surface area contributed by atoms with E-state index in [-0.39, 0.29) is 18.9 Å². The number of anilines is 1. The molecule has 1 aromatic carbocycles. The topological polar surface area (TPSA) is 81.4 Å². The van der Waals surface area contributed by atoms with Gasteiger partial charge in [-0.25, -0.2) is 0 Å². The van der Waals surface area contributed by atoms with Gasteiger partial charge in [-0.1, -0.05) is 11.2 Å². The molecule has 1 heterocycles. The Balaban J connectivity index is 1.76. The van der Waals surface area contributed by atoms with Crippen LogP contribution in [-0.4, -0.2) is 23.6 Å². The first-order valence-electron chi connectivity index (χ1n) is 7.81. The van der Waals surface area contributed by atoms with Crippen molar-refractivity contribution in [1.82, 2.24) is 5.16 Å². The third-order valence-electron chi connectivity index (χ3n) is 3.92. The fourth-order valence-electron chi connectivity index (χ4n) is 2.32. The number of hydrogen-bond donors (Lipinski definition) is 1. The molecule has 0 aliphatic heterocycles. The van der Waals surface area contributed by atoms with E-state index >= 15 is 0 Å². The molecule has 0 fully saturated rings. The van der Waals surface area contributed by atoms with Crippen molar-refractivity contribution in [2.45, 2.75) is 40.5 Å². The second kappa shape index (κ2) is 7.77. The van der Waals surface area contributed by atoms with E-state index in [0.29, 0.717) is 17.9 Å². The van der Waals surface area contributed by atoms with Gasteiger partial charge in [-0.05, 0) is 57.4 Å². The van der Waals surface area contributed by atoms with Crippen LogP contribution in [0.5, 0.6) is 0 Å². The summed E-state index contributed by atoms with van der Waals surface area (Å²) in [5.74, 6) is -0.0815. The van der Waals surface area contributed by atoms with Gasteiger partial charge in [0, 0.05) is 17.7 Å². The summed E-state index contributed by atoms with van der Waals surface area (Å²) in [6.45, 7) is 7.31. The number of carbonyl (C=O) groups excluding carboxylic acids is 2. The lowest BCUT2D eigenvalue weighted by Crippen LogP contribution is -2.21. The van der Waals surface area contributed by atoms with Crippen molar-refractivity contribution in [2.75, 3.05) is 11.9 Å². The molecule has 1 amide bonds. The number of ether oxygens (including phenoxy) is 1. The SMILES string of the molecule is Cc1ccc(NC(=O)COC(=O)CCc2c(C)noc2C)cc1C. The van der Waals surface area contributed by atoms with E-state index < -0.39 is 5.97 Å². The fraction of sp³-hybridized carbons (Fsp3) is 0.389. The first-order chi connectivity index (χ1) is 11.4. The van der Waals surface area contributed by atoms with Crippen LogP contribution in [0.4, 0.5) is 5.69 Å². The number of benzene rings is 1. The van der Waals surface area contributed by atoms with Gasteiger partial charge in [0.15, 0.2) is 6.61 Å². The first kappa shape index (κ1) is 17.7. The van der Waals surface area contributed by atoms with Crippen molar-refractivity contribution in [3.63, 3.8) is 0 Å². The molecule has 0 spiro atoms. The Morgan fingerprint density at radius 3 is 2.54 bits per heavy atom. The molecule has 1 aromatic heterocycles. The molecule has 0 atom stereocenters. The molecular formula is C18H22N2O4. The summed E-state index contributed by atoms with van der Waals surface area (Å²) in [6.07, 6.45) is 0.665. The van der Waals surface area contributed by atoms with Crippen LogP contribution in [0.1, 0.15) is 34.6 Å². The highest BCUT2D eigenvalue weighted by molar-refractivity contribution is 5.92. The number of carbonyl (C=O) groups is 2. The highest BCUT2D eigenvalue weighted by atomic mass is 16.5. The molecule has 6 nitrogen and oxygen atoms in total. The minimum Gasteiger partial charge on any atom is -0.456 e. The molecule has 2 aromatic rings. The molecule has 0 bridgehead atoms. The van der Waals surface area contributed by atoms with Gasteiger partial charge in [0.1, 0.15) is 5.76 Å². The standard InChI is InChI=1S/C18H22N2O4/c1-11-5-6-15(9-12(11)2)19-17(21)10-23-18(22)8-7-16-13(3)20-24-14(16)4/h5-6,9H,7-8,10H2,1-4H3,(H,19,21). The Morgan fingerprint density at radius 1 is 1.17 bits per heavy atom. The maximum Gasteiger partial charge on any atom is 0.306 e. The Bertz CT molecular complexity index is 730. The highest BCUT2D eigenvalue weighted by Gasteiger charge is 2.13. The molecule has 0 aliphatic carbocycles. The maximum atomic E-state index is 11.8. The smallest absolute Gasteiger partial charge is 0.306 e. The quantitative estimate of drug-likeness (QED) is 0.823. The predicted molar refractivity (Wildman–Crippen MR) is 89.8 cm³/mol. The van der Waals surface area contributed by atoms with E-state index in [9.17, 15) is 9.59 Å². The van der Waals surface area contributed by atoms with Crippen LogP contribution in [0.25, 0.3) is 0 Å². The van der Waals surface area contributed by atoms with Crippen molar-refractivity contribution < 1.29 is 18.8 Å². The van der Waals surface area contributed by atoms with Gasteiger partial charge in [0.25, 0.3) is 5.91 Å². The second-order valence-electron chi connectivity index (χ2n) is 5.81. The van der Waals surface area contributed by atoms with Crippen LogP contribution in [0.2, 0.25) is 0 Å². The summed E-state index contributed by atoms with van der Waals surface area (Å²) >= 11 is 0. The van der Waals surface area contributed by atoms with Crippen molar-refractivity contribution in [3.8, 4) is 0 Å². The zero-order valence-electron chi connectivity index (χ0n) is 14.4. The Labute approximate surface area is 141 Å². The van der Waals surface area contributed by atoms with Crippen molar-refractivity contribution >= 4 is 17.6 Å². The normalized spacial score (nSPS) is 10.5. The van der Waals surface area contributed by atoms with Crippen molar-refractivity contribution in [1.29, 1.82) is 0 Å². The Morgan fingerprint density at radius 2 is 1.92 bits per heavy atom. The van der Waals surface area contributed by atoms with E-state index in [1.807, 2.05) is 39.0 Å². The summed E-state index contributed by atoms with van der Waals surface area (Å²) in [5, 5.41) is 6.55. The lowest BCUT2D eigenvalue weighted by molar-refractivity contribution is -0.147. The Kier molecular flexibility index (Phi) is 5.73. The minimum atomic E-state index is -0.426. The first-order valence-corrected chi connectivity index (χ1v) is 7.81. The van der Waals surface area contributed by atoms with E-state index in [4.69, 9.17) is 9.26 Å². The summed E-state index contributed by atoms with van der Waals surface area (Å²) in [6, 6.07) is 5.63. The molecule has 0 unspecified atom stereocenters. The van der Waals surface area contributed by atoms with E-state index in [1.54, 1.807) is 6.92 Å². The van der Waals surface area contributed by atoms with E-state index in [2.05, 4.69) is 10.5 Å². The molecule has 0 radical (unpaired) electrons. The number of nitrogens with one attached hydrogen (secondary N) is 1. The summed E-state index contributed by atoms with van der Waals surface area (Å²) in [7, 11) is 0. The lowest BCUT2D eigenvalue weighted by Gasteiger charge is -2.08. The average molecular weight is 330 g/mol. The molecule has 0 aliphatic rings. The maximum absolute atomic E-state index is 11.8. The largest absolute Gasteiger partial charge is 0.456 e. The van der Waals surface area contributed by atoms with Crippen LogP contribution < -0.4 is 5.32 Å². The van der Waals surface area contributed by atoms with Crippen molar-refractivity contribution in [2.24, 2.45) is 0 Å². The second-order valence-corrected chi connectivity index (χ2v) is 5.81. The lowest BCUT2D eigenvalue weighted by atomic mass is 10.1. The number of nitrogens with zero attached hydrogens (tertiary/aromatic N) is 1. The molecule has 0 saturated heterocycles. The van der Waals surface area contributed by atoms with Gasteiger partial charge < -0.3 is 14.6 Å². The molecular weight excluding hydrogens is 308 g/mol. The zero-order valence-corrected chi connectivity index (χ0v) is 14.4. The predicted octanol–water partition coefficient (Wildman–Crippen LogP) is 3.02. The van der Waals surface area contributed by atoms with Crippen LogP contribution in [0, 0.1) is 27.7 Å².